The van der Waals surface area contributed by atoms with E-state index in [-0.39, 0.29) is 11.6 Å². The number of rotatable bonds is 3. The van der Waals surface area contributed by atoms with Crippen molar-refractivity contribution in [3.8, 4) is 0 Å². The van der Waals surface area contributed by atoms with Gasteiger partial charge >= 0.3 is 0 Å². The molecule has 0 aromatic heterocycles. The summed E-state index contributed by atoms with van der Waals surface area (Å²) >= 11 is 0. The first-order valence-electron chi connectivity index (χ1n) is 5.57. The molecule has 5 heteroatoms. The maximum atomic E-state index is 11.1. The third kappa shape index (κ3) is 2.05. The monoisotopic (exact) mass is 233 g/mol. The van der Waals surface area contributed by atoms with E-state index < -0.39 is 10.1 Å². The minimum absolute atomic E-state index is 0.00306. The van der Waals surface area contributed by atoms with Crippen molar-refractivity contribution < 1.29 is 12.6 Å². The number of hydrogen-bond donors (Lipinski definition) is 0. The van der Waals surface area contributed by atoms with Gasteiger partial charge in [-0.1, -0.05) is 0 Å². The van der Waals surface area contributed by atoms with Crippen LogP contribution in [0, 0.1) is 0 Å². The van der Waals surface area contributed by atoms with Crippen molar-refractivity contribution in [2.24, 2.45) is 0 Å². The Labute approximate surface area is 91.7 Å². The first-order chi connectivity index (χ1) is 6.94. The molecular weight excluding hydrogens is 214 g/mol. The normalized spacial score (nSPS) is 27.9. The van der Waals surface area contributed by atoms with Crippen LogP contribution in [-0.4, -0.2) is 44.3 Å². The summed E-state index contributed by atoms with van der Waals surface area (Å²) in [5.41, 5.74) is 0.00306. The lowest BCUT2D eigenvalue weighted by Crippen LogP contribution is -2.49. The lowest BCUT2D eigenvalue weighted by molar-refractivity contribution is 0.0518. The summed E-state index contributed by atoms with van der Waals surface area (Å²) < 4.78 is 27.4. The van der Waals surface area contributed by atoms with E-state index in [9.17, 15) is 8.42 Å². The van der Waals surface area contributed by atoms with E-state index in [1.165, 1.54) is 0 Å². The first kappa shape index (κ1) is 11.4. The third-order valence-electron chi connectivity index (χ3n) is 3.78. The first-order valence-corrected chi connectivity index (χ1v) is 7.39. The quantitative estimate of drug-likeness (QED) is 0.682. The van der Waals surface area contributed by atoms with Crippen LogP contribution in [0.1, 0.15) is 32.6 Å². The molecule has 88 valence electrons. The molecule has 0 aromatic rings. The van der Waals surface area contributed by atoms with Gasteiger partial charge in [-0.3, -0.25) is 9.08 Å². The van der Waals surface area contributed by atoms with E-state index >= 15 is 0 Å². The molecule has 2 rings (SSSR count). The van der Waals surface area contributed by atoms with Gasteiger partial charge in [0.1, 0.15) is 0 Å². The van der Waals surface area contributed by atoms with Crippen LogP contribution in [0.25, 0.3) is 0 Å². The van der Waals surface area contributed by atoms with Gasteiger partial charge in [0.2, 0.25) is 0 Å². The van der Waals surface area contributed by atoms with Gasteiger partial charge < -0.3 is 0 Å². The van der Waals surface area contributed by atoms with Gasteiger partial charge in [-0.15, -0.1) is 0 Å². The molecule has 2 aliphatic rings. The van der Waals surface area contributed by atoms with Gasteiger partial charge in [-0.25, -0.2) is 0 Å². The highest BCUT2D eigenvalue weighted by Gasteiger charge is 2.49. The van der Waals surface area contributed by atoms with Crippen LogP contribution in [0.5, 0.6) is 0 Å². The molecule has 0 radical (unpaired) electrons. The lowest BCUT2D eigenvalue weighted by Gasteiger charge is -2.36. The molecule has 0 N–H and O–H groups in total. The summed E-state index contributed by atoms with van der Waals surface area (Å²) in [5.74, 6) is 0. The van der Waals surface area contributed by atoms with Crippen molar-refractivity contribution >= 4 is 10.1 Å². The van der Waals surface area contributed by atoms with Crippen molar-refractivity contribution in [2.75, 3.05) is 19.3 Å². The van der Waals surface area contributed by atoms with Crippen LogP contribution in [-0.2, 0) is 14.3 Å². The number of hydrogen-bond acceptors (Lipinski definition) is 4. The van der Waals surface area contributed by atoms with Crippen molar-refractivity contribution in [2.45, 2.75) is 44.2 Å². The SMILES string of the molecule is CC(OS(C)(=O)=O)C12CCCN1CCC2. The fourth-order valence-corrected chi connectivity index (χ4v) is 3.87. The molecule has 15 heavy (non-hydrogen) atoms. The standard InChI is InChI=1S/C10H19NO3S/c1-9(14-15(2,12)13)10-5-3-7-11(10)8-4-6-10/h9H,3-8H2,1-2H3. The van der Waals surface area contributed by atoms with Crippen molar-refractivity contribution in [3.05, 3.63) is 0 Å². The smallest absolute Gasteiger partial charge is 0.264 e. The molecule has 4 nitrogen and oxygen atoms in total. The number of fused-ring (bicyclic) bond motifs is 1. The van der Waals surface area contributed by atoms with Crippen molar-refractivity contribution in [3.63, 3.8) is 0 Å². The Morgan fingerprint density at radius 3 is 2.27 bits per heavy atom. The predicted molar refractivity (Wildman–Crippen MR) is 58.2 cm³/mol. The van der Waals surface area contributed by atoms with Gasteiger partial charge in [0.15, 0.2) is 0 Å². The average molecular weight is 233 g/mol. The zero-order valence-electron chi connectivity index (χ0n) is 9.40. The van der Waals surface area contributed by atoms with E-state index in [2.05, 4.69) is 4.90 Å². The molecule has 0 spiro atoms. The molecule has 0 saturated carbocycles. The van der Waals surface area contributed by atoms with Crippen molar-refractivity contribution in [1.82, 2.24) is 4.90 Å². The fraction of sp³-hybridized carbons (Fsp3) is 1.00. The molecule has 0 bridgehead atoms. The van der Waals surface area contributed by atoms with E-state index in [0.717, 1.165) is 45.0 Å². The zero-order valence-corrected chi connectivity index (χ0v) is 10.2. The van der Waals surface area contributed by atoms with E-state index in [0.29, 0.717) is 0 Å². The molecule has 2 saturated heterocycles. The average Bonchev–Trinajstić information content (AvgIpc) is 2.55. The summed E-state index contributed by atoms with van der Waals surface area (Å²) in [4.78, 5) is 2.41. The Morgan fingerprint density at radius 1 is 1.27 bits per heavy atom. The van der Waals surface area contributed by atoms with Gasteiger partial charge in [0, 0.05) is 5.54 Å². The Kier molecular flexibility index (Phi) is 2.81. The van der Waals surface area contributed by atoms with Crippen LogP contribution in [0.2, 0.25) is 0 Å². The number of nitrogens with zero attached hydrogens (tertiary/aromatic N) is 1. The highest BCUT2D eigenvalue weighted by molar-refractivity contribution is 7.86. The zero-order chi connectivity index (χ0) is 11.1. The Morgan fingerprint density at radius 2 is 1.80 bits per heavy atom. The molecule has 0 aromatic carbocycles. The van der Waals surface area contributed by atoms with Crippen LogP contribution in [0.4, 0.5) is 0 Å². The predicted octanol–water partition coefficient (Wildman–Crippen LogP) is 0.980. The highest BCUT2D eigenvalue weighted by atomic mass is 32.2. The van der Waals surface area contributed by atoms with Crippen molar-refractivity contribution in [1.29, 1.82) is 0 Å². The van der Waals surface area contributed by atoms with Crippen LogP contribution < -0.4 is 0 Å². The van der Waals surface area contributed by atoms with E-state index in [1.54, 1.807) is 0 Å². The fourth-order valence-electron chi connectivity index (χ4n) is 3.17. The van der Waals surface area contributed by atoms with E-state index in [4.69, 9.17) is 4.18 Å². The molecule has 0 aliphatic carbocycles. The lowest BCUT2D eigenvalue weighted by atomic mass is 9.89. The molecule has 2 aliphatic heterocycles. The van der Waals surface area contributed by atoms with Crippen LogP contribution >= 0.6 is 0 Å². The maximum absolute atomic E-state index is 11.1. The largest absolute Gasteiger partial charge is 0.295 e. The van der Waals surface area contributed by atoms with Gasteiger partial charge in [0.25, 0.3) is 10.1 Å². The van der Waals surface area contributed by atoms with Gasteiger partial charge in [0.05, 0.1) is 12.4 Å². The maximum Gasteiger partial charge on any atom is 0.264 e. The second kappa shape index (κ2) is 3.71. The summed E-state index contributed by atoms with van der Waals surface area (Å²) in [5, 5.41) is 0. The Balaban J connectivity index is 2.14. The molecule has 2 heterocycles. The van der Waals surface area contributed by atoms with Gasteiger partial charge in [-0.2, -0.15) is 8.42 Å². The van der Waals surface area contributed by atoms with Crippen LogP contribution in [0.3, 0.4) is 0 Å². The topological polar surface area (TPSA) is 46.6 Å². The van der Waals surface area contributed by atoms with Gasteiger partial charge in [-0.05, 0) is 45.7 Å². The molecule has 0 amide bonds. The summed E-state index contributed by atoms with van der Waals surface area (Å²) in [6, 6.07) is 0. The molecule has 1 atom stereocenters. The summed E-state index contributed by atoms with van der Waals surface area (Å²) in [7, 11) is -3.33. The summed E-state index contributed by atoms with van der Waals surface area (Å²) in [6.07, 6.45) is 5.40. The molecule has 2 fully saturated rings. The Hall–Kier alpha value is -0.130. The minimum Gasteiger partial charge on any atom is -0.295 e. The third-order valence-corrected chi connectivity index (χ3v) is 4.42. The molecular formula is C10H19NO3S. The summed E-state index contributed by atoms with van der Waals surface area (Å²) in [6.45, 7) is 4.08. The highest BCUT2D eigenvalue weighted by Crippen LogP contribution is 2.42. The minimum atomic E-state index is -3.33. The van der Waals surface area contributed by atoms with E-state index in [1.807, 2.05) is 6.92 Å². The second-order valence-corrected chi connectivity index (χ2v) is 6.34. The second-order valence-electron chi connectivity index (χ2n) is 4.74. The Bertz CT molecular complexity index is 329. The molecule has 1 unspecified atom stereocenters. The van der Waals surface area contributed by atoms with Crippen LogP contribution in [0.15, 0.2) is 0 Å².